The second-order valence-electron chi connectivity index (χ2n) is 4.50. The third-order valence-electron chi connectivity index (χ3n) is 3.07. The Morgan fingerprint density at radius 3 is 2.31 bits per heavy atom. The molecule has 0 bridgehead atoms. The molecule has 3 heteroatoms. The van der Waals surface area contributed by atoms with Gasteiger partial charge in [-0.15, -0.1) is 0 Å². The third kappa shape index (κ3) is 6.83. The van der Waals surface area contributed by atoms with E-state index >= 15 is 0 Å². The Balaban J connectivity index is 3.90. The number of rotatable bonds is 10. The minimum atomic E-state index is -0.716. The van der Waals surface area contributed by atoms with Crippen LogP contribution in [0.2, 0.25) is 0 Å². The van der Waals surface area contributed by atoms with Crippen LogP contribution in [0.3, 0.4) is 0 Å². The van der Waals surface area contributed by atoms with Gasteiger partial charge in [0.15, 0.2) is 0 Å². The molecular weight excluding hydrogens is 202 g/mol. The predicted octanol–water partition coefficient (Wildman–Crippen LogP) is 3.05. The largest absolute Gasteiger partial charge is 0.480 e. The lowest BCUT2D eigenvalue weighted by Crippen LogP contribution is -2.39. The quantitative estimate of drug-likeness (QED) is 0.605. The average molecular weight is 229 g/mol. The van der Waals surface area contributed by atoms with Crippen LogP contribution in [0.25, 0.3) is 0 Å². The zero-order chi connectivity index (χ0) is 12.4. The maximum atomic E-state index is 10.9. The summed E-state index contributed by atoms with van der Waals surface area (Å²) in [5.74, 6) is -0.0918. The van der Waals surface area contributed by atoms with E-state index in [1.165, 1.54) is 19.3 Å². The first kappa shape index (κ1) is 15.4. The van der Waals surface area contributed by atoms with Crippen molar-refractivity contribution in [1.82, 2.24) is 5.32 Å². The fraction of sp³-hybridized carbons (Fsp3) is 0.923. The molecule has 0 aliphatic carbocycles. The molecule has 2 unspecified atom stereocenters. The highest BCUT2D eigenvalue weighted by molar-refractivity contribution is 5.73. The lowest BCUT2D eigenvalue weighted by atomic mass is 9.99. The van der Waals surface area contributed by atoms with Gasteiger partial charge in [0.2, 0.25) is 0 Å². The molecule has 96 valence electrons. The van der Waals surface area contributed by atoms with Gasteiger partial charge in [0, 0.05) is 0 Å². The zero-order valence-electron chi connectivity index (χ0n) is 11.0. The van der Waals surface area contributed by atoms with Gasteiger partial charge in [-0.3, -0.25) is 4.79 Å². The Labute approximate surface area is 99.6 Å². The molecule has 0 aromatic heterocycles. The summed E-state index contributed by atoms with van der Waals surface area (Å²) in [4.78, 5) is 10.9. The molecule has 3 nitrogen and oxygen atoms in total. The number of nitrogens with one attached hydrogen (secondary N) is 1. The molecule has 0 amide bonds. The van der Waals surface area contributed by atoms with Gasteiger partial charge in [0.1, 0.15) is 6.04 Å². The topological polar surface area (TPSA) is 49.3 Å². The molecule has 0 aromatic rings. The van der Waals surface area contributed by atoms with Gasteiger partial charge in [0.05, 0.1) is 0 Å². The van der Waals surface area contributed by atoms with Crippen LogP contribution < -0.4 is 5.32 Å². The van der Waals surface area contributed by atoms with E-state index < -0.39 is 5.97 Å². The molecule has 0 aliphatic rings. The van der Waals surface area contributed by atoms with Crippen molar-refractivity contribution in [1.29, 1.82) is 0 Å². The van der Waals surface area contributed by atoms with E-state index in [9.17, 15) is 4.79 Å². The third-order valence-corrected chi connectivity index (χ3v) is 3.07. The van der Waals surface area contributed by atoms with Gasteiger partial charge in [-0.05, 0) is 25.3 Å². The van der Waals surface area contributed by atoms with E-state index in [1.807, 2.05) is 6.92 Å². The van der Waals surface area contributed by atoms with Crippen LogP contribution in [-0.4, -0.2) is 23.7 Å². The van der Waals surface area contributed by atoms with Crippen molar-refractivity contribution in [3.63, 3.8) is 0 Å². The molecule has 0 spiro atoms. The minimum Gasteiger partial charge on any atom is -0.480 e. The summed E-state index contributed by atoms with van der Waals surface area (Å²) >= 11 is 0. The molecular formula is C13H27NO2. The molecule has 0 fully saturated rings. The Hall–Kier alpha value is -0.570. The van der Waals surface area contributed by atoms with Gasteiger partial charge in [0.25, 0.3) is 0 Å². The number of unbranched alkanes of at least 4 members (excludes halogenated alkanes) is 1. The number of hydrogen-bond acceptors (Lipinski definition) is 2. The first-order valence-electron chi connectivity index (χ1n) is 6.61. The Morgan fingerprint density at radius 1 is 1.19 bits per heavy atom. The second-order valence-corrected chi connectivity index (χ2v) is 4.50. The summed E-state index contributed by atoms with van der Waals surface area (Å²) in [7, 11) is 0. The van der Waals surface area contributed by atoms with E-state index in [0.29, 0.717) is 5.92 Å². The highest BCUT2D eigenvalue weighted by atomic mass is 16.4. The number of carboxylic acids is 1. The molecule has 0 heterocycles. The Bertz CT molecular complexity index is 183. The maximum Gasteiger partial charge on any atom is 0.320 e. The van der Waals surface area contributed by atoms with Crippen LogP contribution >= 0.6 is 0 Å². The van der Waals surface area contributed by atoms with Gasteiger partial charge in [-0.2, -0.15) is 0 Å². The lowest BCUT2D eigenvalue weighted by molar-refractivity contribution is -0.139. The van der Waals surface area contributed by atoms with Gasteiger partial charge < -0.3 is 10.4 Å². The van der Waals surface area contributed by atoms with E-state index in [-0.39, 0.29) is 6.04 Å². The maximum absolute atomic E-state index is 10.9. The fourth-order valence-electron chi connectivity index (χ4n) is 1.85. The molecule has 0 saturated heterocycles. The number of carboxylic acid groups (broad SMARTS) is 1. The SMILES string of the molecule is CCCCC(CC)CNC(CCC)C(=O)O. The van der Waals surface area contributed by atoms with Crippen LogP contribution in [0.15, 0.2) is 0 Å². The molecule has 0 aromatic carbocycles. The normalized spacial score (nSPS) is 14.7. The summed E-state index contributed by atoms with van der Waals surface area (Å²) in [6, 6.07) is -0.360. The Morgan fingerprint density at radius 2 is 1.88 bits per heavy atom. The van der Waals surface area contributed by atoms with Crippen LogP contribution in [-0.2, 0) is 4.79 Å². The summed E-state index contributed by atoms with van der Waals surface area (Å²) < 4.78 is 0. The molecule has 0 aliphatic heterocycles. The van der Waals surface area contributed by atoms with E-state index in [0.717, 1.165) is 25.8 Å². The Kier molecular flexibility index (Phi) is 9.30. The van der Waals surface area contributed by atoms with Crippen LogP contribution in [0.4, 0.5) is 0 Å². The van der Waals surface area contributed by atoms with Crippen molar-refractivity contribution in [2.75, 3.05) is 6.54 Å². The highest BCUT2D eigenvalue weighted by Crippen LogP contribution is 2.12. The number of carbonyl (C=O) groups is 1. The van der Waals surface area contributed by atoms with Crippen molar-refractivity contribution in [2.45, 2.75) is 65.3 Å². The van der Waals surface area contributed by atoms with Crippen molar-refractivity contribution >= 4 is 5.97 Å². The van der Waals surface area contributed by atoms with Crippen molar-refractivity contribution in [2.24, 2.45) is 5.92 Å². The zero-order valence-corrected chi connectivity index (χ0v) is 11.0. The summed E-state index contributed by atoms with van der Waals surface area (Å²) in [6.45, 7) is 7.23. The highest BCUT2D eigenvalue weighted by Gasteiger charge is 2.16. The minimum absolute atomic E-state index is 0.360. The first-order chi connectivity index (χ1) is 7.65. The van der Waals surface area contributed by atoms with Crippen molar-refractivity contribution < 1.29 is 9.90 Å². The first-order valence-corrected chi connectivity index (χ1v) is 6.61. The molecule has 2 atom stereocenters. The smallest absolute Gasteiger partial charge is 0.320 e. The number of aliphatic carboxylic acids is 1. The van der Waals surface area contributed by atoms with E-state index in [2.05, 4.69) is 19.2 Å². The predicted molar refractivity (Wildman–Crippen MR) is 67.6 cm³/mol. The van der Waals surface area contributed by atoms with Gasteiger partial charge >= 0.3 is 5.97 Å². The van der Waals surface area contributed by atoms with E-state index in [1.54, 1.807) is 0 Å². The second kappa shape index (κ2) is 9.64. The summed E-state index contributed by atoms with van der Waals surface area (Å²) in [5.41, 5.74) is 0. The van der Waals surface area contributed by atoms with Crippen molar-refractivity contribution in [3.05, 3.63) is 0 Å². The van der Waals surface area contributed by atoms with Gasteiger partial charge in [-0.1, -0.05) is 46.5 Å². The molecule has 16 heavy (non-hydrogen) atoms. The van der Waals surface area contributed by atoms with Gasteiger partial charge in [-0.25, -0.2) is 0 Å². The molecule has 0 saturated carbocycles. The standard InChI is InChI=1S/C13H27NO2/c1-4-7-9-11(6-3)10-14-12(8-5-2)13(15)16/h11-12,14H,4-10H2,1-3H3,(H,15,16). The number of hydrogen-bond donors (Lipinski definition) is 2. The van der Waals surface area contributed by atoms with Crippen molar-refractivity contribution in [3.8, 4) is 0 Å². The molecule has 2 N–H and O–H groups in total. The molecule has 0 radical (unpaired) electrons. The van der Waals surface area contributed by atoms with E-state index in [4.69, 9.17) is 5.11 Å². The lowest BCUT2D eigenvalue weighted by Gasteiger charge is -2.19. The van der Waals surface area contributed by atoms with Crippen LogP contribution in [0.5, 0.6) is 0 Å². The fourth-order valence-corrected chi connectivity index (χ4v) is 1.85. The summed E-state index contributed by atoms with van der Waals surface area (Å²) in [6.07, 6.45) is 6.43. The molecule has 0 rings (SSSR count). The average Bonchev–Trinajstić information content (AvgIpc) is 2.27. The van der Waals surface area contributed by atoms with Crippen LogP contribution in [0.1, 0.15) is 59.3 Å². The monoisotopic (exact) mass is 229 g/mol. The summed E-state index contributed by atoms with van der Waals surface area (Å²) in [5, 5.41) is 12.2. The van der Waals surface area contributed by atoms with Crippen LogP contribution in [0, 0.1) is 5.92 Å².